The van der Waals surface area contributed by atoms with E-state index in [-0.39, 0.29) is 6.42 Å². The summed E-state index contributed by atoms with van der Waals surface area (Å²) in [6.45, 7) is 3.51. The summed E-state index contributed by atoms with van der Waals surface area (Å²) in [6, 6.07) is 0. The predicted octanol–water partition coefficient (Wildman–Crippen LogP) is 2.33. The van der Waals surface area contributed by atoms with Gasteiger partial charge in [0.1, 0.15) is 18.3 Å². The van der Waals surface area contributed by atoms with Crippen LogP contribution in [0.3, 0.4) is 0 Å². The third kappa shape index (κ3) is 10.8. The second-order valence-electron chi connectivity index (χ2n) is 6.56. The van der Waals surface area contributed by atoms with E-state index in [4.69, 9.17) is 5.11 Å². The largest absolute Gasteiger partial charge is 0.391 e. The van der Waals surface area contributed by atoms with Gasteiger partial charge in [0.25, 0.3) is 0 Å². The smallest absolute Gasteiger partial charge is 0.164 e. The van der Waals surface area contributed by atoms with Crippen molar-refractivity contribution in [1.29, 1.82) is 0 Å². The van der Waals surface area contributed by atoms with Gasteiger partial charge in [-0.2, -0.15) is 0 Å². The first-order valence-electron chi connectivity index (χ1n) is 9.16. The highest BCUT2D eigenvalue weighted by atomic mass is 16.4. The molecule has 5 nitrogen and oxygen atoms in total. The highest BCUT2D eigenvalue weighted by Crippen LogP contribution is 2.13. The summed E-state index contributed by atoms with van der Waals surface area (Å²) in [4.78, 5) is 11.7. The Hall–Kier alpha value is -0.490. The minimum atomic E-state index is -1.63. The third-order valence-corrected chi connectivity index (χ3v) is 4.27. The molecule has 0 aliphatic rings. The van der Waals surface area contributed by atoms with E-state index in [2.05, 4.69) is 6.92 Å². The first-order valence-corrected chi connectivity index (χ1v) is 9.16. The molecule has 0 heterocycles. The number of rotatable bonds is 15. The van der Waals surface area contributed by atoms with Crippen LogP contribution >= 0.6 is 0 Å². The maximum Gasteiger partial charge on any atom is 0.164 e. The zero-order valence-electron chi connectivity index (χ0n) is 14.8. The van der Waals surface area contributed by atoms with Gasteiger partial charge < -0.3 is 20.4 Å². The molecule has 0 spiro atoms. The topological polar surface area (TPSA) is 98.0 Å². The van der Waals surface area contributed by atoms with E-state index >= 15 is 0 Å². The molecule has 0 amide bonds. The van der Waals surface area contributed by atoms with Crippen LogP contribution in [0.4, 0.5) is 0 Å². The van der Waals surface area contributed by atoms with Crippen molar-refractivity contribution in [2.45, 2.75) is 109 Å². The molecule has 0 fully saturated rings. The summed E-state index contributed by atoms with van der Waals surface area (Å²) in [5.74, 6) is -0.475. The van der Waals surface area contributed by atoms with E-state index in [1.165, 1.54) is 51.9 Å². The average Bonchev–Trinajstić information content (AvgIpc) is 2.54. The molecule has 0 aliphatic heterocycles. The molecule has 23 heavy (non-hydrogen) atoms. The number of Topliss-reactive ketones (excluding diaryl/α,β-unsaturated/α-hetero) is 1. The number of unbranched alkanes of at least 4 members (excludes halogenated alkanes) is 9. The fourth-order valence-corrected chi connectivity index (χ4v) is 2.60. The van der Waals surface area contributed by atoms with Gasteiger partial charge in [-0.1, -0.05) is 64.7 Å². The van der Waals surface area contributed by atoms with Crippen molar-refractivity contribution >= 4 is 5.78 Å². The van der Waals surface area contributed by atoms with E-state index in [1.807, 2.05) is 0 Å². The molecule has 0 aromatic rings. The maximum atomic E-state index is 11.7. The van der Waals surface area contributed by atoms with Crippen LogP contribution in [0.2, 0.25) is 0 Å². The van der Waals surface area contributed by atoms with Gasteiger partial charge in [0, 0.05) is 6.42 Å². The number of ketones is 1. The van der Waals surface area contributed by atoms with Gasteiger partial charge in [0.15, 0.2) is 5.78 Å². The zero-order chi connectivity index (χ0) is 17.7. The Morgan fingerprint density at radius 1 is 0.739 bits per heavy atom. The van der Waals surface area contributed by atoms with Crippen LogP contribution < -0.4 is 0 Å². The Balaban J connectivity index is 3.63. The molecule has 0 saturated heterocycles. The maximum absolute atomic E-state index is 11.7. The van der Waals surface area contributed by atoms with Crippen molar-refractivity contribution in [3.8, 4) is 0 Å². The minimum Gasteiger partial charge on any atom is -0.391 e. The van der Waals surface area contributed by atoms with E-state index in [9.17, 15) is 20.1 Å². The van der Waals surface area contributed by atoms with Crippen molar-refractivity contribution in [2.24, 2.45) is 0 Å². The molecular weight excluding hydrogens is 296 g/mol. The molecule has 0 saturated carbocycles. The Morgan fingerprint density at radius 2 is 1.17 bits per heavy atom. The Kier molecular flexibility index (Phi) is 13.6. The Labute approximate surface area is 140 Å². The van der Waals surface area contributed by atoms with Crippen LogP contribution in [-0.2, 0) is 4.79 Å². The first kappa shape index (κ1) is 22.5. The molecule has 4 atom stereocenters. The first-order chi connectivity index (χ1) is 10.9. The van der Waals surface area contributed by atoms with E-state index < -0.39 is 30.2 Å². The fraction of sp³-hybridized carbons (Fsp3) is 0.944. The molecule has 0 radical (unpaired) electrons. The van der Waals surface area contributed by atoms with Gasteiger partial charge >= 0.3 is 0 Å². The summed E-state index contributed by atoms with van der Waals surface area (Å²) in [7, 11) is 0. The summed E-state index contributed by atoms with van der Waals surface area (Å²) >= 11 is 0. The minimum absolute atomic E-state index is 0.196. The lowest BCUT2D eigenvalue weighted by Gasteiger charge is -2.23. The highest BCUT2D eigenvalue weighted by molar-refractivity contribution is 5.83. The molecule has 0 aliphatic carbocycles. The van der Waals surface area contributed by atoms with Gasteiger partial charge in [0.05, 0.1) is 6.10 Å². The summed E-state index contributed by atoms with van der Waals surface area (Å²) in [5, 5.41) is 37.9. The lowest BCUT2D eigenvalue weighted by Crippen LogP contribution is -2.46. The van der Waals surface area contributed by atoms with Crippen LogP contribution in [-0.4, -0.2) is 50.6 Å². The molecule has 0 aromatic carbocycles. The molecule has 0 unspecified atom stereocenters. The third-order valence-electron chi connectivity index (χ3n) is 4.27. The SMILES string of the molecule is CCCCCCCCCCCCC(=O)[C@H](O)[C@H](O)[C@@H](O)[C@H](C)O. The van der Waals surface area contributed by atoms with E-state index in [0.717, 1.165) is 12.8 Å². The zero-order valence-corrected chi connectivity index (χ0v) is 14.8. The van der Waals surface area contributed by atoms with Gasteiger partial charge in [0.2, 0.25) is 0 Å². The number of carbonyl (C=O) groups is 1. The van der Waals surface area contributed by atoms with Crippen LogP contribution in [0, 0.1) is 0 Å². The van der Waals surface area contributed by atoms with E-state index in [1.54, 1.807) is 0 Å². The molecule has 4 N–H and O–H groups in total. The molecule has 0 bridgehead atoms. The summed E-state index contributed by atoms with van der Waals surface area (Å²) in [6.07, 6.45) is 5.83. The number of hydrogen-bond acceptors (Lipinski definition) is 5. The van der Waals surface area contributed by atoms with Crippen LogP contribution in [0.1, 0.15) is 84.5 Å². The lowest BCUT2D eigenvalue weighted by atomic mass is 9.97. The number of aliphatic hydroxyl groups is 4. The van der Waals surface area contributed by atoms with Crippen LogP contribution in [0.25, 0.3) is 0 Å². The summed E-state index contributed by atoms with van der Waals surface area (Å²) < 4.78 is 0. The number of hydrogen-bond donors (Lipinski definition) is 4. The van der Waals surface area contributed by atoms with Gasteiger partial charge in [-0.15, -0.1) is 0 Å². The fourth-order valence-electron chi connectivity index (χ4n) is 2.60. The van der Waals surface area contributed by atoms with Crippen molar-refractivity contribution in [1.82, 2.24) is 0 Å². The highest BCUT2D eigenvalue weighted by Gasteiger charge is 2.32. The van der Waals surface area contributed by atoms with Crippen LogP contribution in [0.5, 0.6) is 0 Å². The van der Waals surface area contributed by atoms with E-state index in [0.29, 0.717) is 6.42 Å². The van der Waals surface area contributed by atoms with Gasteiger partial charge in [-0.25, -0.2) is 0 Å². The standard InChI is InChI=1S/C18H36O5/c1-3-4-5-6-7-8-9-10-11-12-13-15(20)17(22)18(23)16(21)14(2)19/h14,16-19,21-23H,3-13H2,1-2H3/t14-,16-,17-,18+/m0/s1. The Bertz CT molecular complexity index is 293. The molecule has 0 aromatic heterocycles. The van der Waals surface area contributed by atoms with Crippen LogP contribution in [0.15, 0.2) is 0 Å². The van der Waals surface area contributed by atoms with Gasteiger partial charge in [-0.05, 0) is 13.3 Å². The summed E-state index contributed by atoms with van der Waals surface area (Å²) in [5.41, 5.74) is 0. The molecular formula is C18H36O5. The predicted molar refractivity (Wildman–Crippen MR) is 91.2 cm³/mol. The van der Waals surface area contributed by atoms with Crippen molar-refractivity contribution in [2.75, 3.05) is 0 Å². The quantitative estimate of drug-likeness (QED) is 0.345. The number of carbonyl (C=O) groups excluding carboxylic acids is 1. The molecule has 138 valence electrons. The van der Waals surface area contributed by atoms with Crippen molar-refractivity contribution in [3.05, 3.63) is 0 Å². The Morgan fingerprint density at radius 3 is 1.61 bits per heavy atom. The lowest BCUT2D eigenvalue weighted by molar-refractivity contribution is -0.143. The second kappa shape index (κ2) is 13.9. The number of aliphatic hydroxyl groups excluding tert-OH is 4. The average molecular weight is 332 g/mol. The molecule has 0 rings (SSSR count). The van der Waals surface area contributed by atoms with Crippen molar-refractivity contribution < 1.29 is 25.2 Å². The molecule has 5 heteroatoms. The normalized spacial score (nSPS) is 16.8. The monoisotopic (exact) mass is 332 g/mol. The van der Waals surface area contributed by atoms with Gasteiger partial charge in [-0.3, -0.25) is 4.79 Å². The second-order valence-corrected chi connectivity index (χ2v) is 6.56. The van der Waals surface area contributed by atoms with Crippen molar-refractivity contribution in [3.63, 3.8) is 0 Å².